The van der Waals surface area contributed by atoms with Crippen LogP contribution in [0.3, 0.4) is 0 Å². The van der Waals surface area contributed by atoms with Crippen LogP contribution in [0.2, 0.25) is 5.02 Å². The molecule has 5 heteroatoms. The smallest absolute Gasteiger partial charge is 0.257 e. The minimum absolute atomic E-state index is 0.0869. The molecule has 0 radical (unpaired) electrons. The van der Waals surface area contributed by atoms with Crippen molar-refractivity contribution in [2.24, 2.45) is 0 Å². The van der Waals surface area contributed by atoms with E-state index in [9.17, 15) is 4.79 Å². The van der Waals surface area contributed by atoms with Crippen molar-refractivity contribution in [1.82, 2.24) is 9.80 Å². The molecule has 0 spiro atoms. The van der Waals surface area contributed by atoms with Gasteiger partial charge in [-0.25, -0.2) is 0 Å². The first-order valence-corrected chi connectivity index (χ1v) is 6.07. The van der Waals surface area contributed by atoms with Gasteiger partial charge in [-0.1, -0.05) is 11.6 Å². The van der Waals surface area contributed by atoms with Crippen molar-refractivity contribution in [2.45, 2.75) is 0 Å². The number of likely N-dealkylation sites (N-methyl/N-ethyl adjacent to an activating group) is 2. The number of amides is 1. The Bertz CT molecular complexity index is 421. The van der Waals surface area contributed by atoms with Crippen LogP contribution in [0.15, 0.2) is 18.2 Å². The fraction of sp³-hybridized carbons (Fsp3) is 0.462. The predicted molar refractivity (Wildman–Crippen MR) is 73.5 cm³/mol. The first-order valence-electron chi connectivity index (χ1n) is 5.69. The average molecular weight is 271 g/mol. The topological polar surface area (TPSA) is 32.8 Å². The minimum atomic E-state index is -0.0869. The second-order valence-corrected chi connectivity index (χ2v) is 4.81. The zero-order valence-corrected chi connectivity index (χ0v) is 12.0. The molecule has 0 saturated carbocycles. The molecule has 0 aliphatic rings. The Labute approximate surface area is 113 Å². The lowest BCUT2D eigenvalue weighted by molar-refractivity contribution is 0.0783. The van der Waals surface area contributed by atoms with Gasteiger partial charge in [-0.2, -0.15) is 0 Å². The summed E-state index contributed by atoms with van der Waals surface area (Å²) in [6.07, 6.45) is 0. The van der Waals surface area contributed by atoms with Crippen molar-refractivity contribution in [3.8, 4) is 5.75 Å². The Kier molecular flexibility index (Phi) is 5.44. The summed E-state index contributed by atoms with van der Waals surface area (Å²) in [7, 11) is 7.25. The number of hydrogen-bond donors (Lipinski definition) is 0. The van der Waals surface area contributed by atoms with Crippen LogP contribution < -0.4 is 4.74 Å². The van der Waals surface area contributed by atoms with Crippen molar-refractivity contribution in [1.29, 1.82) is 0 Å². The first-order chi connectivity index (χ1) is 8.45. The average Bonchev–Trinajstić information content (AvgIpc) is 2.34. The number of hydrogen-bond acceptors (Lipinski definition) is 3. The van der Waals surface area contributed by atoms with Gasteiger partial charge in [0.15, 0.2) is 0 Å². The van der Waals surface area contributed by atoms with Gasteiger partial charge < -0.3 is 14.5 Å². The summed E-state index contributed by atoms with van der Waals surface area (Å²) >= 11 is 5.92. The van der Waals surface area contributed by atoms with Gasteiger partial charge in [0.2, 0.25) is 0 Å². The van der Waals surface area contributed by atoms with Gasteiger partial charge in [-0.3, -0.25) is 4.79 Å². The zero-order valence-electron chi connectivity index (χ0n) is 11.2. The van der Waals surface area contributed by atoms with Gasteiger partial charge in [0.1, 0.15) is 5.75 Å². The Morgan fingerprint density at radius 3 is 2.50 bits per heavy atom. The van der Waals surface area contributed by atoms with E-state index >= 15 is 0 Å². The van der Waals surface area contributed by atoms with E-state index in [-0.39, 0.29) is 5.91 Å². The quantitative estimate of drug-likeness (QED) is 0.820. The number of halogens is 1. The monoisotopic (exact) mass is 270 g/mol. The summed E-state index contributed by atoms with van der Waals surface area (Å²) in [5.74, 6) is 0.456. The minimum Gasteiger partial charge on any atom is -0.496 e. The molecule has 0 bridgehead atoms. The Hall–Kier alpha value is -1.26. The van der Waals surface area contributed by atoms with Crippen LogP contribution in [0, 0.1) is 0 Å². The Morgan fingerprint density at radius 1 is 1.28 bits per heavy atom. The summed E-state index contributed by atoms with van der Waals surface area (Å²) in [6.45, 7) is 1.46. The highest BCUT2D eigenvalue weighted by atomic mass is 35.5. The van der Waals surface area contributed by atoms with Gasteiger partial charge in [-0.15, -0.1) is 0 Å². The van der Waals surface area contributed by atoms with Gasteiger partial charge in [0.05, 0.1) is 12.7 Å². The number of carbonyl (C=O) groups excluding carboxylic acids is 1. The molecular weight excluding hydrogens is 252 g/mol. The molecule has 0 atom stereocenters. The van der Waals surface area contributed by atoms with Gasteiger partial charge in [0.25, 0.3) is 5.91 Å². The van der Waals surface area contributed by atoms with Crippen molar-refractivity contribution in [3.05, 3.63) is 28.8 Å². The number of nitrogens with zero attached hydrogens (tertiary/aromatic N) is 2. The summed E-state index contributed by atoms with van der Waals surface area (Å²) in [6, 6.07) is 5.04. The molecule has 100 valence electrons. The Balaban J connectivity index is 2.85. The summed E-state index contributed by atoms with van der Waals surface area (Å²) in [4.78, 5) is 15.9. The van der Waals surface area contributed by atoms with Crippen molar-refractivity contribution < 1.29 is 9.53 Å². The third-order valence-electron chi connectivity index (χ3n) is 2.62. The van der Waals surface area contributed by atoms with E-state index < -0.39 is 0 Å². The molecule has 0 saturated heterocycles. The van der Waals surface area contributed by atoms with E-state index in [1.807, 2.05) is 19.0 Å². The molecule has 18 heavy (non-hydrogen) atoms. The third-order valence-corrected chi connectivity index (χ3v) is 2.86. The van der Waals surface area contributed by atoms with E-state index in [1.54, 1.807) is 37.3 Å². The Morgan fingerprint density at radius 2 is 1.94 bits per heavy atom. The largest absolute Gasteiger partial charge is 0.496 e. The van der Waals surface area contributed by atoms with E-state index in [4.69, 9.17) is 16.3 Å². The lowest BCUT2D eigenvalue weighted by Gasteiger charge is -2.20. The van der Waals surface area contributed by atoms with Crippen LogP contribution in [0.4, 0.5) is 0 Å². The first kappa shape index (κ1) is 14.8. The van der Waals surface area contributed by atoms with Crippen molar-refractivity contribution in [3.63, 3.8) is 0 Å². The molecule has 1 aromatic carbocycles. The molecule has 0 heterocycles. The molecule has 4 nitrogen and oxygen atoms in total. The zero-order chi connectivity index (χ0) is 13.7. The maximum atomic E-state index is 12.3. The van der Waals surface area contributed by atoms with Crippen LogP contribution in [0.1, 0.15) is 10.4 Å². The molecule has 0 unspecified atom stereocenters. The molecule has 0 fully saturated rings. The highest BCUT2D eigenvalue weighted by Gasteiger charge is 2.16. The number of benzene rings is 1. The van der Waals surface area contributed by atoms with Gasteiger partial charge in [0, 0.05) is 25.2 Å². The highest BCUT2D eigenvalue weighted by Crippen LogP contribution is 2.23. The molecule has 1 amide bonds. The standard InChI is InChI=1S/C13H19ClN2O2/c1-15(2)7-8-16(3)13(17)11-9-10(14)5-6-12(11)18-4/h5-6,9H,7-8H2,1-4H3. The lowest BCUT2D eigenvalue weighted by atomic mass is 10.1. The lowest BCUT2D eigenvalue weighted by Crippen LogP contribution is -2.33. The summed E-state index contributed by atoms with van der Waals surface area (Å²) < 4.78 is 5.18. The van der Waals surface area contributed by atoms with E-state index in [0.717, 1.165) is 6.54 Å². The molecule has 0 N–H and O–H groups in total. The molecular formula is C13H19ClN2O2. The molecule has 0 aromatic heterocycles. The van der Waals surface area contributed by atoms with E-state index in [2.05, 4.69) is 0 Å². The van der Waals surface area contributed by atoms with Crippen LogP contribution in [0.5, 0.6) is 5.75 Å². The normalized spacial score (nSPS) is 10.6. The second-order valence-electron chi connectivity index (χ2n) is 4.37. The van der Waals surface area contributed by atoms with Crippen molar-refractivity contribution in [2.75, 3.05) is 41.3 Å². The molecule has 1 aromatic rings. The molecule has 0 aliphatic carbocycles. The van der Waals surface area contributed by atoms with Crippen LogP contribution >= 0.6 is 11.6 Å². The summed E-state index contributed by atoms with van der Waals surface area (Å²) in [5.41, 5.74) is 0.492. The summed E-state index contributed by atoms with van der Waals surface area (Å²) in [5, 5.41) is 0.528. The number of rotatable bonds is 5. The highest BCUT2D eigenvalue weighted by molar-refractivity contribution is 6.31. The third kappa shape index (κ3) is 3.89. The molecule has 0 aliphatic heterocycles. The number of ether oxygens (including phenoxy) is 1. The van der Waals surface area contributed by atoms with Crippen LogP contribution in [-0.2, 0) is 0 Å². The number of carbonyl (C=O) groups is 1. The SMILES string of the molecule is COc1ccc(Cl)cc1C(=O)N(C)CCN(C)C. The number of methoxy groups -OCH3 is 1. The van der Waals surface area contributed by atoms with E-state index in [1.165, 1.54) is 0 Å². The maximum Gasteiger partial charge on any atom is 0.257 e. The maximum absolute atomic E-state index is 12.3. The second kappa shape index (κ2) is 6.61. The fourth-order valence-electron chi connectivity index (χ4n) is 1.50. The molecule has 1 rings (SSSR count). The van der Waals surface area contributed by atoms with Crippen LogP contribution in [-0.4, -0.2) is 57.0 Å². The fourth-order valence-corrected chi connectivity index (χ4v) is 1.68. The van der Waals surface area contributed by atoms with Crippen molar-refractivity contribution >= 4 is 17.5 Å². The van der Waals surface area contributed by atoms with Gasteiger partial charge >= 0.3 is 0 Å². The van der Waals surface area contributed by atoms with E-state index in [0.29, 0.717) is 22.9 Å². The van der Waals surface area contributed by atoms with Gasteiger partial charge in [-0.05, 0) is 32.3 Å². The predicted octanol–water partition coefficient (Wildman–Crippen LogP) is 1.98. The van der Waals surface area contributed by atoms with Crippen LogP contribution in [0.25, 0.3) is 0 Å².